The standard InChI is InChI=1S/C12H14BrN3O3/c13-11-6-5-10(19-11)8-16-7-9(14-15-16)3-1-2-4-12(17)18/h5-7H,1-4,8H2,(H,17,18). The molecule has 0 bridgehead atoms. The van der Waals surface area contributed by atoms with Crippen molar-refractivity contribution in [2.24, 2.45) is 0 Å². The molecule has 1 N–H and O–H groups in total. The first-order valence-corrected chi connectivity index (χ1v) is 6.78. The summed E-state index contributed by atoms with van der Waals surface area (Å²) >= 11 is 3.24. The number of aromatic nitrogens is 3. The van der Waals surface area contributed by atoms with Gasteiger partial charge in [-0.3, -0.25) is 4.79 Å². The summed E-state index contributed by atoms with van der Waals surface area (Å²) in [6, 6.07) is 3.71. The molecule has 2 aromatic heterocycles. The Morgan fingerprint density at radius 3 is 2.95 bits per heavy atom. The second kappa shape index (κ2) is 6.51. The van der Waals surface area contributed by atoms with Gasteiger partial charge in [0.1, 0.15) is 12.3 Å². The van der Waals surface area contributed by atoms with Crippen LogP contribution in [0.2, 0.25) is 0 Å². The Kier molecular flexibility index (Phi) is 4.73. The number of aryl methyl sites for hydroxylation is 1. The van der Waals surface area contributed by atoms with E-state index in [-0.39, 0.29) is 6.42 Å². The first kappa shape index (κ1) is 13.8. The topological polar surface area (TPSA) is 81.1 Å². The van der Waals surface area contributed by atoms with E-state index in [1.54, 1.807) is 4.68 Å². The van der Waals surface area contributed by atoms with Crippen molar-refractivity contribution >= 4 is 21.9 Å². The number of hydrogen-bond acceptors (Lipinski definition) is 4. The highest BCUT2D eigenvalue weighted by molar-refractivity contribution is 9.10. The van der Waals surface area contributed by atoms with Crippen LogP contribution in [-0.4, -0.2) is 26.1 Å². The predicted octanol–water partition coefficient (Wildman–Crippen LogP) is 2.48. The van der Waals surface area contributed by atoms with Gasteiger partial charge in [-0.1, -0.05) is 5.21 Å². The summed E-state index contributed by atoms with van der Waals surface area (Å²) in [5.74, 6) is 0.0428. The minimum Gasteiger partial charge on any atom is -0.481 e. The summed E-state index contributed by atoms with van der Waals surface area (Å²) in [5.41, 5.74) is 0.871. The van der Waals surface area contributed by atoms with Gasteiger partial charge < -0.3 is 9.52 Å². The average Bonchev–Trinajstić information content (AvgIpc) is 2.95. The third-order valence-corrected chi connectivity index (χ3v) is 3.03. The van der Waals surface area contributed by atoms with E-state index in [2.05, 4.69) is 26.2 Å². The van der Waals surface area contributed by atoms with Crippen LogP contribution >= 0.6 is 15.9 Å². The van der Waals surface area contributed by atoms with E-state index in [1.165, 1.54) is 0 Å². The number of furan rings is 1. The molecular weight excluding hydrogens is 314 g/mol. The maximum Gasteiger partial charge on any atom is 0.303 e. The van der Waals surface area contributed by atoms with Crippen LogP contribution in [0.15, 0.2) is 27.4 Å². The van der Waals surface area contributed by atoms with Gasteiger partial charge in [0.15, 0.2) is 4.67 Å². The second-order valence-electron chi connectivity index (χ2n) is 4.21. The van der Waals surface area contributed by atoms with Crippen LogP contribution in [-0.2, 0) is 17.8 Å². The number of carboxylic acids is 1. The Bertz CT molecular complexity index is 550. The number of nitrogens with zero attached hydrogens (tertiary/aromatic N) is 3. The van der Waals surface area contributed by atoms with E-state index >= 15 is 0 Å². The minimum absolute atomic E-state index is 0.203. The molecule has 0 aliphatic heterocycles. The fourth-order valence-corrected chi connectivity index (χ4v) is 2.05. The number of carboxylic acid groups (broad SMARTS) is 1. The number of hydrogen-bond donors (Lipinski definition) is 1. The van der Waals surface area contributed by atoms with Crippen molar-refractivity contribution in [1.82, 2.24) is 15.0 Å². The molecule has 2 rings (SSSR count). The van der Waals surface area contributed by atoms with Crippen molar-refractivity contribution in [2.45, 2.75) is 32.2 Å². The van der Waals surface area contributed by atoms with Crippen molar-refractivity contribution in [3.05, 3.63) is 34.5 Å². The quantitative estimate of drug-likeness (QED) is 0.790. The van der Waals surface area contributed by atoms with Crippen molar-refractivity contribution in [3.8, 4) is 0 Å². The van der Waals surface area contributed by atoms with E-state index in [0.717, 1.165) is 24.3 Å². The second-order valence-corrected chi connectivity index (χ2v) is 5.00. The fraction of sp³-hybridized carbons (Fsp3) is 0.417. The zero-order valence-corrected chi connectivity index (χ0v) is 11.8. The fourth-order valence-electron chi connectivity index (χ4n) is 1.71. The van der Waals surface area contributed by atoms with Crippen LogP contribution in [0.25, 0.3) is 0 Å². The summed E-state index contributed by atoms with van der Waals surface area (Å²) in [5, 5.41) is 16.6. The summed E-state index contributed by atoms with van der Waals surface area (Å²) in [4.78, 5) is 10.4. The Hall–Kier alpha value is -1.63. The number of aliphatic carboxylic acids is 1. The average molecular weight is 328 g/mol. The first-order valence-electron chi connectivity index (χ1n) is 5.98. The molecule has 7 heteroatoms. The van der Waals surface area contributed by atoms with Gasteiger partial charge in [-0.25, -0.2) is 4.68 Å². The van der Waals surface area contributed by atoms with Crippen molar-refractivity contribution in [3.63, 3.8) is 0 Å². The summed E-state index contributed by atoms with van der Waals surface area (Å²) in [6.07, 6.45) is 4.27. The Balaban J connectivity index is 1.80. The molecule has 0 atom stereocenters. The Morgan fingerprint density at radius 1 is 1.42 bits per heavy atom. The smallest absolute Gasteiger partial charge is 0.303 e. The zero-order valence-electron chi connectivity index (χ0n) is 10.3. The minimum atomic E-state index is -0.757. The molecule has 0 spiro atoms. The van der Waals surface area contributed by atoms with Crippen molar-refractivity contribution < 1.29 is 14.3 Å². The third kappa shape index (κ3) is 4.51. The SMILES string of the molecule is O=C(O)CCCCc1cn(Cc2ccc(Br)o2)nn1. The van der Waals surface area contributed by atoms with E-state index in [0.29, 0.717) is 17.6 Å². The Morgan fingerprint density at radius 2 is 2.26 bits per heavy atom. The van der Waals surface area contributed by atoms with Crippen molar-refractivity contribution in [2.75, 3.05) is 0 Å². The van der Waals surface area contributed by atoms with Crippen LogP contribution < -0.4 is 0 Å². The summed E-state index contributed by atoms with van der Waals surface area (Å²) < 4.78 is 7.78. The molecule has 0 fully saturated rings. The number of unbranched alkanes of at least 4 members (excludes halogenated alkanes) is 1. The third-order valence-electron chi connectivity index (χ3n) is 2.61. The van der Waals surface area contributed by atoms with Gasteiger partial charge >= 0.3 is 5.97 Å². The van der Waals surface area contributed by atoms with Crippen molar-refractivity contribution in [1.29, 1.82) is 0 Å². The zero-order chi connectivity index (χ0) is 13.7. The monoisotopic (exact) mass is 327 g/mol. The molecule has 0 aliphatic carbocycles. The number of halogens is 1. The molecule has 0 aromatic carbocycles. The van der Waals surface area contributed by atoms with Gasteiger partial charge in [-0.05, 0) is 47.3 Å². The summed E-state index contributed by atoms with van der Waals surface area (Å²) in [7, 11) is 0. The maximum absolute atomic E-state index is 10.4. The van der Waals surface area contributed by atoms with E-state index in [1.807, 2.05) is 18.3 Å². The Labute approximate surface area is 118 Å². The van der Waals surface area contributed by atoms with Crippen LogP contribution in [0.4, 0.5) is 0 Å². The molecule has 2 aromatic rings. The van der Waals surface area contributed by atoms with Gasteiger partial charge in [0, 0.05) is 12.6 Å². The van der Waals surface area contributed by atoms with Crippen LogP contribution in [0.5, 0.6) is 0 Å². The molecule has 0 unspecified atom stereocenters. The van der Waals surface area contributed by atoms with Gasteiger partial charge in [0.2, 0.25) is 0 Å². The van der Waals surface area contributed by atoms with Gasteiger partial charge in [-0.2, -0.15) is 0 Å². The van der Waals surface area contributed by atoms with E-state index in [9.17, 15) is 4.79 Å². The number of rotatable bonds is 7. The molecule has 0 saturated heterocycles. The van der Waals surface area contributed by atoms with Gasteiger partial charge in [-0.15, -0.1) is 5.10 Å². The maximum atomic E-state index is 10.4. The molecule has 0 radical (unpaired) electrons. The highest BCUT2D eigenvalue weighted by Crippen LogP contribution is 2.14. The normalized spacial score (nSPS) is 10.8. The molecule has 0 amide bonds. The highest BCUT2D eigenvalue weighted by atomic mass is 79.9. The molecule has 2 heterocycles. The van der Waals surface area contributed by atoms with E-state index in [4.69, 9.17) is 9.52 Å². The molecule has 19 heavy (non-hydrogen) atoms. The lowest BCUT2D eigenvalue weighted by atomic mass is 10.1. The van der Waals surface area contributed by atoms with Crippen LogP contribution in [0.3, 0.4) is 0 Å². The predicted molar refractivity (Wildman–Crippen MR) is 70.7 cm³/mol. The molecule has 6 nitrogen and oxygen atoms in total. The molecule has 0 saturated carbocycles. The van der Waals surface area contributed by atoms with E-state index < -0.39 is 5.97 Å². The molecule has 102 valence electrons. The highest BCUT2D eigenvalue weighted by Gasteiger charge is 2.05. The van der Waals surface area contributed by atoms with Gasteiger partial charge in [0.05, 0.1) is 5.69 Å². The number of carbonyl (C=O) groups is 1. The molecular formula is C12H14BrN3O3. The summed E-state index contributed by atoms with van der Waals surface area (Å²) in [6.45, 7) is 0.535. The lowest BCUT2D eigenvalue weighted by molar-refractivity contribution is -0.137. The van der Waals surface area contributed by atoms with Gasteiger partial charge in [0.25, 0.3) is 0 Å². The van der Waals surface area contributed by atoms with Crippen LogP contribution in [0, 0.1) is 0 Å². The lowest BCUT2D eigenvalue weighted by Crippen LogP contribution is -1.98. The largest absolute Gasteiger partial charge is 0.481 e. The van der Waals surface area contributed by atoms with Crippen LogP contribution in [0.1, 0.15) is 30.7 Å². The molecule has 0 aliphatic rings. The first-order chi connectivity index (χ1) is 9.13. The lowest BCUT2D eigenvalue weighted by Gasteiger charge is -1.96.